The number of imidazole rings is 1. The van der Waals surface area contributed by atoms with Gasteiger partial charge >= 0.3 is 0 Å². The molecule has 7 nitrogen and oxygen atoms in total. The minimum atomic E-state index is 0.494. The fourth-order valence-electron chi connectivity index (χ4n) is 2.11. The van der Waals surface area contributed by atoms with E-state index in [1.807, 2.05) is 53.2 Å². The molecule has 0 unspecified atom stereocenters. The van der Waals surface area contributed by atoms with Crippen LogP contribution in [0.15, 0.2) is 67.4 Å². The minimum Gasteiger partial charge on any atom is -0.306 e. The first kappa shape index (κ1) is 12.4. The van der Waals surface area contributed by atoms with Crippen molar-refractivity contribution in [2.24, 2.45) is 0 Å². The quantitative estimate of drug-likeness (QED) is 0.576. The zero-order valence-corrected chi connectivity index (χ0v) is 11.5. The van der Waals surface area contributed by atoms with Crippen LogP contribution in [0.1, 0.15) is 0 Å². The molecule has 0 radical (unpaired) electrons. The van der Waals surface area contributed by atoms with Gasteiger partial charge in [-0.2, -0.15) is 0 Å². The third-order valence-electron chi connectivity index (χ3n) is 3.17. The van der Waals surface area contributed by atoms with Crippen LogP contribution in [0.4, 0.5) is 0 Å². The summed E-state index contributed by atoms with van der Waals surface area (Å²) in [7, 11) is 0. The second-order valence-electron chi connectivity index (χ2n) is 4.61. The van der Waals surface area contributed by atoms with Gasteiger partial charge in [-0.25, -0.2) is 4.98 Å². The highest BCUT2D eigenvalue weighted by Gasteiger charge is 2.08. The molecule has 0 amide bonds. The molecule has 0 spiro atoms. The first-order valence-electron chi connectivity index (χ1n) is 6.70. The second kappa shape index (κ2) is 5.21. The van der Waals surface area contributed by atoms with Crippen LogP contribution in [-0.4, -0.2) is 34.7 Å². The van der Waals surface area contributed by atoms with Crippen molar-refractivity contribution in [1.29, 1.82) is 0 Å². The van der Waals surface area contributed by atoms with E-state index in [0.717, 1.165) is 11.4 Å². The monoisotopic (exact) mass is 289 g/mol. The lowest BCUT2D eigenvalue weighted by Gasteiger charge is -2.04. The van der Waals surface area contributed by atoms with Crippen LogP contribution in [0.2, 0.25) is 0 Å². The predicted molar refractivity (Wildman–Crippen MR) is 79.5 cm³/mol. The van der Waals surface area contributed by atoms with Crippen molar-refractivity contribution in [3.05, 3.63) is 67.4 Å². The molecule has 4 rings (SSSR count). The van der Waals surface area contributed by atoms with E-state index in [1.54, 1.807) is 18.7 Å². The van der Waals surface area contributed by atoms with Gasteiger partial charge in [-0.1, -0.05) is 12.1 Å². The first-order chi connectivity index (χ1) is 10.9. The van der Waals surface area contributed by atoms with E-state index in [0.29, 0.717) is 11.5 Å². The number of tetrazole rings is 1. The van der Waals surface area contributed by atoms with Crippen molar-refractivity contribution < 1.29 is 0 Å². The first-order valence-corrected chi connectivity index (χ1v) is 6.70. The van der Waals surface area contributed by atoms with Crippen molar-refractivity contribution in [3.8, 4) is 22.9 Å². The van der Waals surface area contributed by atoms with Crippen LogP contribution in [-0.2, 0) is 0 Å². The lowest BCUT2D eigenvalue weighted by Crippen LogP contribution is -2.00. The molecule has 22 heavy (non-hydrogen) atoms. The number of aromatic nitrogens is 7. The molecule has 1 aromatic carbocycles. The van der Waals surface area contributed by atoms with Gasteiger partial charge in [0.15, 0.2) is 0 Å². The second-order valence-corrected chi connectivity index (χ2v) is 4.61. The average Bonchev–Trinajstić information content (AvgIpc) is 3.28. The van der Waals surface area contributed by atoms with E-state index >= 15 is 0 Å². The Kier molecular flexibility index (Phi) is 2.93. The van der Waals surface area contributed by atoms with Crippen molar-refractivity contribution >= 4 is 0 Å². The van der Waals surface area contributed by atoms with Crippen LogP contribution in [0.25, 0.3) is 22.9 Å². The van der Waals surface area contributed by atoms with Gasteiger partial charge in [0.2, 0.25) is 5.82 Å². The van der Waals surface area contributed by atoms with E-state index in [1.165, 1.54) is 4.80 Å². The number of benzene rings is 1. The summed E-state index contributed by atoms with van der Waals surface area (Å²) in [6.45, 7) is 0. The zero-order valence-electron chi connectivity index (χ0n) is 11.5. The molecule has 0 aliphatic carbocycles. The van der Waals surface area contributed by atoms with Crippen LogP contribution in [0, 0.1) is 0 Å². The van der Waals surface area contributed by atoms with E-state index in [2.05, 4.69) is 25.4 Å². The van der Waals surface area contributed by atoms with Gasteiger partial charge in [-0.15, -0.1) is 15.0 Å². The standard InChI is InChI=1S/C15H11N7/c1-2-7-17-14(6-1)15-18-20-22(19-15)13-5-3-4-12(10-13)21-9-8-16-11-21/h1-11H. The van der Waals surface area contributed by atoms with Crippen molar-refractivity contribution in [3.63, 3.8) is 0 Å². The van der Waals surface area contributed by atoms with Crippen molar-refractivity contribution in [2.45, 2.75) is 0 Å². The number of hydrogen-bond donors (Lipinski definition) is 0. The Morgan fingerprint density at radius 3 is 2.68 bits per heavy atom. The van der Waals surface area contributed by atoms with Crippen LogP contribution in [0.3, 0.4) is 0 Å². The highest BCUT2D eigenvalue weighted by molar-refractivity contribution is 5.48. The van der Waals surface area contributed by atoms with Gasteiger partial charge in [0.05, 0.1) is 12.0 Å². The summed E-state index contributed by atoms with van der Waals surface area (Å²) in [5, 5.41) is 12.5. The summed E-state index contributed by atoms with van der Waals surface area (Å²) in [5.41, 5.74) is 2.49. The molecule has 0 N–H and O–H groups in total. The molecule has 0 aliphatic heterocycles. The average molecular weight is 289 g/mol. The van der Waals surface area contributed by atoms with E-state index in [4.69, 9.17) is 0 Å². The maximum atomic E-state index is 4.38. The minimum absolute atomic E-state index is 0.494. The lowest BCUT2D eigenvalue weighted by atomic mass is 10.3. The summed E-state index contributed by atoms with van der Waals surface area (Å²) >= 11 is 0. The Labute approximate surface area is 125 Å². The summed E-state index contributed by atoms with van der Waals surface area (Å²) in [6.07, 6.45) is 7.07. The van der Waals surface area contributed by atoms with Gasteiger partial charge in [-0.05, 0) is 35.5 Å². The number of pyridine rings is 1. The molecule has 3 aromatic heterocycles. The summed E-state index contributed by atoms with van der Waals surface area (Å²) in [5.74, 6) is 0.494. The fraction of sp³-hybridized carbons (Fsp3) is 0. The third kappa shape index (κ3) is 2.24. The largest absolute Gasteiger partial charge is 0.306 e. The predicted octanol–water partition coefficient (Wildman–Crippen LogP) is 1.91. The molecular formula is C15H11N7. The summed E-state index contributed by atoms with van der Waals surface area (Å²) < 4.78 is 1.92. The maximum Gasteiger partial charge on any atom is 0.223 e. The zero-order chi connectivity index (χ0) is 14.8. The number of hydrogen-bond acceptors (Lipinski definition) is 5. The Morgan fingerprint density at radius 2 is 1.86 bits per heavy atom. The molecule has 0 aliphatic rings. The highest BCUT2D eigenvalue weighted by atomic mass is 15.6. The van der Waals surface area contributed by atoms with Crippen molar-refractivity contribution in [2.75, 3.05) is 0 Å². The summed E-state index contributed by atoms with van der Waals surface area (Å²) in [4.78, 5) is 9.76. The van der Waals surface area contributed by atoms with Crippen molar-refractivity contribution in [1.82, 2.24) is 34.7 Å². The number of nitrogens with zero attached hydrogens (tertiary/aromatic N) is 7. The van der Waals surface area contributed by atoms with Gasteiger partial charge in [0, 0.05) is 24.3 Å². The molecule has 0 bridgehead atoms. The van der Waals surface area contributed by atoms with E-state index in [9.17, 15) is 0 Å². The smallest absolute Gasteiger partial charge is 0.223 e. The fourth-order valence-corrected chi connectivity index (χ4v) is 2.11. The molecule has 0 saturated heterocycles. The van der Waals surface area contributed by atoms with Gasteiger partial charge in [0.1, 0.15) is 5.69 Å². The molecule has 0 saturated carbocycles. The highest BCUT2D eigenvalue weighted by Crippen LogP contribution is 2.14. The van der Waals surface area contributed by atoms with Crippen LogP contribution >= 0.6 is 0 Å². The Bertz CT molecular complexity index is 881. The molecule has 7 heteroatoms. The number of rotatable bonds is 3. The topological polar surface area (TPSA) is 74.3 Å². The summed E-state index contributed by atoms with van der Waals surface area (Å²) in [6, 6.07) is 13.4. The molecule has 3 heterocycles. The third-order valence-corrected chi connectivity index (χ3v) is 3.17. The SMILES string of the molecule is c1ccc(-c2nnn(-c3cccc(-n4ccnc4)c3)n2)nc1. The Hall–Kier alpha value is -3.35. The Morgan fingerprint density at radius 1 is 0.909 bits per heavy atom. The Balaban J connectivity index is 1.71. The van der Waals surface area contributed by atoms with Gasteiger partial charge in [-0.3, -0.25) is 4.98 Å². The lowest BCUT2D eigenvalue weighted by molar-refractivity contribution is 0.719. The van der Waals surface area contributed by atoms with Crippen LogP contribution in [0.5, 0.6) is 0 Å². The molecule has 106 valence electrons. The molecular weight excluding hydrogens is 278 g/mol. The van der Waals surface area contributed by atoms with Gasteiger partial charge < -0.3 is 4.57 Å². The normalized spacial score (nSPS) is 10.7. The molecule has 0 fully saturated rings. The molecule has 0 atom stereocenters. The molecule has 4 aromatic rings. The maximum absolute atomic E-state index is 4.38. The van der Waals surface area contributed by atoms with Gasteiger partial charge in [0.25, 0.3) is 0 Å². The van der Waals surface area contributed by atoms with E-state index in [-0.39, 0.29) is 0 Å². The van der Waals surface area contributed by atoms with Crippen LogP contribution < -0.4 is 0 Å². The van der Waals surface area contributed by atoms with E-state index < -0.39 is 0 Å².